The van der Waals surface area contributed by atoms with Crippen LogP contribution in [0.4, 0.5) is 4.39 Å². The van der Waals surface area contributed by atoms with Crippen LogP contribution in [0.25, 0.3) is 0 Å². The summed E-state index contributed by atoms with van der Waals surface area (Å²) >= 11 is 0. The van der Waals surface area contributed by atoms with Crippen molar-refractivity contribution in [3.63, 3.8) is 0 Å². The van der Waals surface area contributed by atoms with E-state index < -0.39 is 0 Å². The summed E-state index contributed by atoms with van der Waals surface area (Å²) in [5, 5.41) is 3.30. The highest BCUT2D eigenvalue weighted by molar-refractivity contribution is 5.24. The van der Waals surface area contributed by atoms with Crippen LogP contribution in [0.1, 0.15) is 18.1 Å². The Balaban J connectivity index is 2.44. The average molecular weight is 224 g/mol. The summed E-state index contributed by atoms with van der Waals surface area (Å²) in [6.07, 6.45) is 0.877. The van der Waals surface area contributed by atoms with Crippen LogP contribution in [0, 0.1) is 5.82 Å². The molecule has 3 heteroatoms. The van der Waals surface area contributed by atoms with Crippen molar-refractivity contribution in [3.05, 3.63) is 35.1 Å². The van der Waals surface area contributed by atoms with Crippen molar-refractivity contribution in [2.75, 3.05) is 27.2 Å². The fraction of sp³-hybridized carbons (Fsp3) is 0.538. The molecule has 1 aromatic rings. The standard InChI is InChI=1S/C13H21FN2/c1-4-11-7-12(9-13(14)8-11)10-15-5-6-16(2)3/h7-9,15H,4-6,10H2,1-3H3. The molecule has 0 aliphatic rings. The molecule has 1 N–H and O–H groups in total. The minimum Gasteiger partial charge on any atom is -0.311 e. The normalized spacial score (nSPS) is 11.1. The highest BCUT2D eigenvalue weighted by atomic mass is 19.1. The highest BCUT2D eigenvalue weighted by Gasteiger charge is 1.99. The molecule has 0 heterocycles. The number of hydrogen-bond acceptors (Lipinski definition) is 2. The number of hydrogen-bond donors (Lipinski definition) is 1. The van der Waals surface area contributed by atoms with Crippen molar-refractivity contribution in [2.24, 2.45) is 0 Å². The molecule has 0 aliphatic heterocycles. The van der Waals surface area contributed by atoms with Crippen molar-refractivity contribution in [3.8, 4) is 0 Å². The van der Waals surface area contributed by atoms with E-state index in [4.69, 9.17) is 0 Å². The van der Waals surface area contributed by atoms with E-state index in [9.17, 15) is 4.39 Å². The predicted octanol–water partition coefficient (Wildman–Crippen LogP) is 2.04. The van der Waals surface area contributed by atoms with E-state index >= 15 is 0 Å². The van der Waals surface area contributed by atoms with Crippen molar-refractivity contribution in [1.82, 2.24) is 10.2 Å². The van der Waals surface area contributed by atoms with Gasteiger partial charge in [0, 0.05) is 19.6 Å². The van der Waals surface area contributed by atoms with E-state index in [1.54, 1.807) is 12.1 Å². The molecule has 0 saturated heterocycles. The molecule has 0 fully saturated rings. The first kappa shape index (κ1) is 13.1. The van der Waals surface area contributed by atoms with Crippen LogP contribution in [0.5, 0.6) is 0 Å². The second-order valence-electron chi connectivity index (χ2n) is 4.30. The smallest absolute Gasteiger partial charge is 0.123 e. The lowest BCUT2D eigenvalue weighted by Gasteiger charge is -2.11. The first-order chi connectivity index (χ1) is 7.61. The number of benzene rings is 1. The summed E-state index contributed by atoms with van der Waals surface area (Å²) in [5.41, 5.74) is 2.08. The monoisotopic (exact) mass is 224 g/mol. The van der Waals surface area contributed by atoms with Gasteiger partial charge in [0.05, 0.1) is 0 Å². The molecule has 0 saturated carbocycles. The molecule has 0 spiro atoms. The number of halogens is 1. The Hall–Kier alpha value is -0.930. The number of likely N-dealkylation sites (N-methyl/N-ethyl adjacent to an activating group) is 1. The van der Waals surface area contributed by atoms with Gasteiger partial charge in [0.1, 0.15) is 5.82 Å². The molecule has 16 heavy (non-hydrogen) atoms. The third kappa shape index (κ3) is 4.73. The van der Waals surface area contributed by atoms with Crippen molar-refractivity contribution in [2.45, 2.75) is 19.9 Å². The zero-order valence-corrected chi connectivity index (χ0v) is 10.4. The summed E-state index contributed by atoms with van der Waals surface area (Å²) in [5.74, 6) is -0.135. The van der Waals surface area contributed by atoms with Crippen LogP contribution in [-0.4, -0.2) is 32.1 Å². The summed E-state index contributed by atoms with van der Waals surface area (Å²) in [7, 11) is 4.08. The van der Waals surface area contributed by atoms with E-state index in [1.807, 2.05) is 21.0 Å². The molecule has 1 rings (SSSR count). The first-order valence-electron chi connectivity index (χ1n) is 5.75. The Labute approximate surface area is 97.5 Å². The van der Waals surface area contributed by atoms with E-state index in [0.717, 1.165) is 37.2 Å². The van der Waals surface area contributed by atoms with Crippen LogP contribution < -0.4 is 5.32 Å². The van der Waals surface area contributed by atoms with Gasteiger partial charge in [-0.2, -0.15) is 0 Å². The Morgan fingerprint density at radius 3 is 2.50 bits per heavy atom. The number of aryl methyl sites for hydroxylation is 1. The Bertz CT molecular complexity index is 324. The molecule has 0 radical (unpaired) electrons. The number of rotatable bonds is 6. The Morgan fingerprint density at radius 1 is 1.19 bits per heavy atom. The van der Waals surface area contributed by atoms with Gasteiger partial charge >= 0.3 is 0 Å². The molecular formula is C13H21FN2. The largest absolute Gasteiger partial charge is 0.311 e. The molecule has 0 bridgehead atoms. The average Bonchev–Trinajstić information content (AvgIpc) is 2.23. The second kappa shape index (κ2) is 6.61. The summed E-state index contributed by atoms with van der Waals surface area (Å²) in [6, 6.07) is 5.26. The summed E-state index contributed by atoms with van der Waals surface area (Å²) < 4.78 is 13.2. The zero-order chi connectivity index (χ0) is 12.0. The fourth-order valence-electron chi connectivity index (χ4n) is 1.56. The molecule has 2 nitrogen and oxygen atoms in total. The number of nitrogens with zero attached hydrogens (tertiary/aromatic N) is 1. The van der Waals surface area contributed by atoms with Gasteiger partial charge in [-0.25, -0.2) is 4.39 Å². The van der Waals surface area contributed by atoms with Crippen LogP contribution in [0.3, 0.4) is 0 Å². The number of nitrogens with one attached hydrogen (secondary N) is 1. The molecule has 0 amide bonds. The lowest BCUT2D eigenvalue weighted by Crippen LogP contribution is -2.26. The molecule has 0 unspecified atom stereocenters. The maximum Gasteiger partial charge on any atom is 0.123 e. The summed E-state index contributed by atoms with van der Waals surface area (Å²) in [4.78, 5) is 2.12. The topological polar surface area (TPSA) is 15.3 Å². The predicted molar refractivity (Wildman–Crippen MR) is 66.0 cm³/mol. The van der Waals surface area contributed by atoms with Gasteiger partial charge in [0.15, 0.2) is 0 Å². The minimum absolute atomic E-state index is 0.135. The van der Waals surface area contributed by atoms with Crippen molar-refractivity contribution >= 4 is 0 Å². The molecule has 0 aliphatic carbocycles. The maximum atomic E-state index is 13.2. The zero-order valence-electron chi connectivity index (χ0n) is 10.4. The SMILES string of the molecule is CCc1cc(F)cc(CNCCN(C)C)c1. The second-order valence-corrected chi connectivity index (χ2v) is 4.30. The molecule has 1 aromatic carbocycles. The lowest BCUT2D eigenvalue weighted by molar-refractivity contribution is 0.400. The van der Waals surface area contributed by atoms with Crippen molar-refractivity contribution in [1.29, 1.82) is 0 Å². The highest BCUT2D eigenvalue weighted by Crippen LogP contribution is 2.09. The van der Waals surface area contributed by atoms with Crippen LogP contribution in [-0.2, 0) is 13.0 Å². The van der Waals surface area contributed by atoms with E-state index in [-0.39, 0.29) is 5.82 Å². The van der Waals surface area contributed by atoms with Gasteiger partial charge in [0.2, 0.25) is 0 Å². The van der Waals surface area contributed by atoms with Crippen molar-refractivity contribution < 1.29 is 4.39 Å². The third-order valence-corrected chi connectivity index (χ3v) is 2.49. The quantitative estimate of drug-likeness (QED) is 0.744. The van der Waals surface area contributed by atoms with Gasteiger partial charge in [0.25, 0.3) is 0 Å². The van der Waals surface area contributed by atoms with Crippen LogP contribution in [0.15, 0.2) is 18.2 Å². The third-order valence-electron chi connectivity index (χ3n) is 2.49. The Morgan fingerprint density at radius 2 is 1.88 bits per heavy atom. The van der Waals surface area contributed by atoms with Gasteiger partial charge in [-0.3, -0.25) is 0 Å². The molecule has 0 atom stereocenters. The maximum absolute atomic E-state index is 13.2. The summed E-state index contributed by atoms with van der Waals surface area (Å²) in [6.45, 7) is 4.69. The fourth-order valence-corrected chi connectivity index (χ4v) is 1.56. The van der Waals surface area contributed by atoms with Gasteiger partial charge in [-0.15, -0.1) is 0 Å². The molecular weight excluding hydrogens is 203 g/mol. The van der Waals surface area contributed by atoms with E-state index in [2.05, 4.69) is 16.3 Å². The lowest BCUT2D eigenvalue weighted by atomic mass is 10.1. The van der Waals surface area contributed by atoms with Gasteiger partial charge in [-0.05, 0) is 43.8 Å². The minimum atomic E-state index is -0.135. The molecule has 0 aromatic heterocycles. The van der Waals surface area contributed by atoms with Gasteiger partial charge < -0.3 is 10.2 Å². The Kier molecular flexibility index (Phi) is 5.43. The first-order valence-corrected chi connectivity index (χ1v) is 5.75. The van der Waals surface area contributed by atoms with E-state index in [1.165, 1.54) is 0 Å². The van der Waals surface area contributed by atoms with E-state index in [0.29, 0.717) is 0 Å². The van der Waals surface area contributed by atoms with Crippen LogP contribution in [0.2, 0.25) is 0 Å². The molecule has 90 valence electrons. The van der Waals surface area contributed by atoms with Gasteiger partial charge in [-0.1, -0.05) is 13.0 Å². The van der Waals surface area contributed by atoms with Crippen LogP contribution >= 0.6 is 0 Å².